The lowest BCUT2D eigenvalue weighted by Crippen LogP contribution is -2.01. The Labute approximate surface area is 117 Å². The van der Waals surface area contributed by atoms with E-state index in [-0.39, 0.29) is 0 Å². The molecule has 20 heavy (non-hydrogen) atoms. The first kappa shape index (κ1) is 12.4. The number of benzene rings is 1. The second kappa shape index (κ2) is 4.82. The number of hydrogen-bond donors (Lipinski definition) is 1. The Balaban J connectivity index is 2.14. The molecule has 3 rings (SSSR count). The van der Waals surface area contributed by atoms with Crippen molar-refractivity contribution >= 4 is 5.82 Å². The first-order valence-electron chi connectivity index (χ1n) is 6.44. The van der Waals surface area contributed by atoms with Gasteiger partial charge in [0.05, 0.1) is 24.4 Å². The third-order valence-electron chi connectivity index (χ3n) is 3.31. The first-order valence-corrected chi connectivity index (χ1v) is 6.44. The predicted molar refractivity (Wildman–Crippen MR) is 75.1 cm³/mol. The summed E-state index contributed by atoms with van der Waals surface area (Å²) < 4.78 is 5.34. The lowest BCUT2D eigenvalue weighted by atomic mass is 10.1. The number of aromatic nitrogens is 2. The lowest BCUT2D eigenvalue weighted by Gasteiger charge is -2.10. The molecule has 0 amide bonds. The maximum absolute atomic E-state index is 9.03. The summed E-state index contributed by atoms with van der Waals surface area (Å²) in [5.74, 6) is 2.32. The summed E-state index contributed by atoms with van der Waals surface area (Å²) in [5, 5.41) is 9.03. The SMILES string of the molecule is COc1ccc(C#N)cc1-c1cc(N)nc(C2CC2)n1. The summed E-state index contributed by atoms with van der Waals surface area (Å²) in [7, 11) is 1.59. The molecule has 1 saturated carbocycles. The molecular formula is C15H14N4O. The van der Waals surface area contributed by atoms with Gasteiger partial charge in [-0.25, -0.2) is 9.97 Å². The van der Waals surface area contributed by atoms with Gasteiger partial charge in [0, 0.05) is 17.5 Å². The van der Waals surface area contributed by atoms with Gasteiger partial charge in [-0.2, -0.15) is 5.26 Å². The molecule has 0 bridgehead atoms. The normalized spacial score (nSPS) is 13.8. The summed E-state index contributed by atoms with van der Waals surface area (Å²) in [6, 6.07) is 9.08. The molecule has 0 atom stereocenters. The number of nitriles is 1. The van der Waals surface area contributed by atoms with E-state index >= 15 is 0 Å². The molecule has 5 nitrogen and oxygen atoms in total. The molecule has 0 unspecified atom stereocenters. The van der Waals surface area contributed by atoms with Crippen LogP contribution in [0.2, 0.25) is 0 Å². The van der Waals surface area contributed by atoms with Crippen LogP contribution in [0.4, 0.5) is 5.82 Å². The maximum Gasteiger partial charge on any atom is 0.134 e. The fraction of sp³-hybridized carbons (Fsp3) is 0.267. The van der Waals surface area contributed by atoms with Crippen LogP contribution in [0.15, 0.2) is 24.3 Å². The Morgan fingerprint density at radius 1 is 1.30 bits per heavy atom. The molecule has 5 heteroatoms. The largest absolute Gasteiger partial charge is 0.496 e. The predicted octanol–water partition coefficient (Wildman–Crippen LogP) is 2.48. The van der Waals surface area contributed by atoms with E-state index in [2.05, 4.69) is 16.0 Å². The zero-order valence-corrected chi connectivity index (χ0v) is 11.1. The zero-order valence-electron chi connectivity index (χ0n) is 11.1. The third kappa shape index (κ3) is 2.28. The number of nitrogen functional groups attached to an aromatic ring is 1. The summed E-state index contributed by atoms with van der Waals surface area (Å²) in [6.45, 7) is 0. The van der Waals surface area contributed by atoms with E-state index in [4.69, 9.17) is 15.7 Å². The van der Waals surface area contributed by atoms with Crippen molar-refractivity contribution in [1.29, 1.82) is 5.26 Å². The standard InChI is InChI=1S/C15H14N4O/c1-20-13-5-2-9(8-16)6-11(13)12-7-14(17)19-15(18-12)10-3-4-10/h2,5-7,10H,3-4H2,1H3,(H2,17,18,19). The quantitative estimate of drug-likeness (QED) is 0.922. The zero-order chi connectivity index (χ0) is 14.1. The van der Waals surface area contributed by atoms with E-state index < -0.39 is 0 Å². The number of ether oxygens (including phenoxy) is 1. The Bertz CT molecular complexity index is 702. The van der Waals surface area contributed by atoms with Crippen LogP contribution in [-0.2, 0) is 0 Å². The molecule has 1 fully saturated rings. The molecule has 100 valence electrons. The van der Waals surface area contributed by atoms with Gasteiger partial charge in [-0.15, -0.1) is 0 Å². The minimum absolute atomic E-state index is 0.419. The molecule has 2 N–H and O–H groups in total. The highest BCUT2D eigenvalue weighted by Gasteiger charge is 2.27. The molecule has 1 heterocycles. The third-order valence-corrected chi connectivity index (χ3v) is 3.31. The summed E-state index contributed by atoms with van der Waals surface area (Å²) >= 11 is 0. The molecule has 0 radical (unpaired) electrons. The monoisotopic (exact) mass is 266 g/mol. The second-order valence-electron chi connectivity index (χ2n) is 4.84. The Hall–Kier alpha value is -2.61. The number of hydrogen-bond acceptors (Lipinski definition) is 5. The van der Waals surface area contributed by atoms with Crippen LogP contribution in [0.5, 0.6) is 5.75 Å². The number of nitrogens with zero attached hydrogens (tertiary/aromatic N) is 3. The molecule has 0 saturated heterocycles. The topological polar surface area (TPSA) is 84.8 Å². The minimum Gasteiger partial charge on any atom is -0.496 e. The lowest BCUT2D eigenvalue weighted by molar-refractivity contribution is 0.416. The average Bonchev–Trinajstić information content (AvgIpc) is 3.30. The van der Waals surface area contributed by atoms with Crippen molar-refractivity contribution in [3.63, 3.8) is 0 Å². The van der Waals surface area contributed by atoms with Gasteiger partial charge in [0.25, 0.3) is 0 Å². The van der Waals surface area contributed by atoms with Gasteiger partial charge in [-0.1, -0.05) is 0 Å². The highest BCUT2D eigenvalue weighted by atomic mass is 16.5. The number of rotatable bonds is 3. The maximum atomic E-state index is 9.03. The van der Waals surface area contributed by atoms with Crippen LogP contribution < -0.4 is 10.5 Å². The molecule has 1 aliphatic carbocycles. The van der Waals surface area contributed by atoms with E-state index in [1.165, 1.54) is 0 Å². The first-order chi connectivity index (χ1) is 9.71. The van der Waals surface area contributed by atoms with Gasteiger partial charge in [0.2, 0.25) is 0 Å². The smallest absolute Gasteiger partial charge is 0.134 e. The van der Waals surface area contributed by atoms with Crippen LogP contribution in [-0.4, -0.2) is 17.1 Å². The van der Waals surface area contributed by atoms with Crippen molar-refractivity contribution in [2.45, 2.75) is 18.8 Å². The van der Waals surface area contributed by atoms with Crippen LogP contribution >= 0.6 is 0 Å². The van der Waals surface area contributed by atoms with Gasteiger partial charge in [0.1, 0.15) is 17.4 Å². The van der Waals surface area contributed by atoms with E-state index in [9.17, 15) is 0 Å². The van der Waals surface area contributed by atoms with Gasteiger partial charge in [-0.3, -0.25) is 0 Å². The van der Waals surface area contributed by atoms with E-state index in [1.54, 1.807) is 31.4 Å². The van der Waals surface area contributed by atoms with E-state index in [0.29, 0.717) is 28.7 Å². The van der Waals surface area contributed by atoms with Gasteiger partial charge < -0.3 is 10.5 Å². The molecule has 2 aromatic rings. The van der Waals surface area contributed by atoms with Crippen LogP contribution in [0.1, 0.15) is 30.1 Å². The molecular weight excluding hydrogens is 252 g/mol. The summed E-state index contributed by atoms with van der Waals surface area (Å²) in [5.41, 5.74) is 7.90. The van der Waals surface area contributed by atoms with Gasteiger partial charge >= 0.3 is 0 Å². The average molecular weight is 266 g/mol. The number of anilines is 1. The van der Waals surface area contributed by atoms with Crippen molar-refractivity contribution in [3.8, 4) is 23.1 Å². The molecule has 0 spiro atoms. The molecule has 1 aromatic heterocycles. The summed E-state index contributed by atoms with van der Waals surface area (Å²) in [4.78, 5) is 8.85. The Morgan fingerprint density at radius 3 is 2.75 bits per heavy atom. The summed E-state index contributed by atoms with van der Waals surface area (Å²) in [6.07, 6.45) is 2.22. The number of nitrogens with two attached hydrogens (primary N) is 1. The molecule has 1 aromatic carbocycles. The highest BCUT2D eigenvalue weighted by Crippen LogP contribution is 2.39. The van der Waals surface area contributed by atoms with E-state index in [0.717, 1.165) is 24.2 Å². The van der Waals surface area contributed by atoms with Crippen LogP contribution in [0.25, 0.3) is 11.3 Å². The van der Waals surface area contributed by atoms with E-state index in [1.807, 2.05) is 0 Å². The van der Waals surface area contributed by atoms with Gasteiger partial charge in [-0.05, 0) is 31.0 Å². The van der Waals surface area contributed by atoms with Crippen molar-refractivity contribution in [2.75, 3.05) is 12.8 Å². The second-order valence-corrected chi connectivity index (χ2v) is 4.84. The van der Waals surface area contributed by atoms with Crippen molar-refractivity contribution in [1.82, 2.24) is 9.97 Å². The van der Waals surface area contributed by atoms with Crippen molar-refractivity contribution < 1.29 is 4.74 Å². The van der Waals surface area contributed by atoms with Gasteiger partial charge in [0.15, 0.2) is 0 Å². The minimum atomic E-state index is 0.419. The fourth-order valence-corrected chi connectivity index (χ4v) is 2.13. The Kier molecular flexibility index (Phi) is 2.99. The van der Waals surface area contributed by atoms with Crippen molar-refractivity contribution in [2.24, 2.45) is 0 Å². The molecule has 0 aliphatic heterocycles. The van der Waals surface area contributed by atoms with Crippen molar-refractivity contribution in [3.05, 3.63) is 35.7 Å². The highest BCUT2D eigenvalue weighted by molar-refractivity contribution is 5.70. The molecule has 1 aliphatic rings. The van der Waals surface area contributed by atoms with Crippen LogP contribution in [0, 0.1) is 11.3 Å². The van der Waals surface area contributed by atoms with Crippen LogP contribution in [0.3, 0.4) is 0 Å². The Morgan fingerprint density at radius 2 is 2.10 bits per heavy atom. The number of methoxy groups -OCH3 is 1. The fourth-order valence-electron chi connectivity index (χ4n) is 2.13.